The Balaban J connectivity index is 1.76. The summed E-state index contributed by atoms with van der Waals surface area (Å²) in [6, 6.07) is 8.09. The highest BCUT2D eigenvalue weighted by atomic mass is 32.1. The molecule has 0 aliphatic carbocycles. The lowest BCUT2D eigenvalue weighted by atomic mass is 10.2. The standard InChI is InChI=1S/C16H20N2OS/c19-16(17-9-3-1-2-4-10-17)15-8-5-11-18(15)13-14-7-6-12-20-14/h5-8,11-12H,1-4,9-10,13H2. The minimum Gasteiger partial charge on any atom is -0.338 e. The van der Waals surface area contributed by atoms with Gasteiger partial charge in [-0.2, -0.15) is 0 Å². The third-order valence-corrected chi connectivity index (χ3v) is 4.71. The number of rotatable bonds is 3. The Bertz CT molecular complexity index is 551. The predicted molar refractivity (Wildman–Crippen MR) is 82.2 cm³/mol. The molecule has 3 rings (SSSR count). The van der Waals surface area contributed by atoms with E-state index in [0.717, 1.165) is 38.2 Å². The molecule has 4 heteroatoms. The van der Waals surface area contributed by atoms with Gasteiger partial charge in [-0.05, 0) is 36.4 Å². The number of amides is 1. The van der Waals surface area contributed by atoms with E-state index in [-0.39, 0.29) is 5.91 Å². The molecule has 0 aromatic carbocycles. The summed E-state index contributed by atoms with van der Waals surface area (Å²) in [7, 11) is 0. The van der Waals surface area contributed by atoms with Crippen LogP contribution in [0.3, 0.4) is 0 Å². The smallest absolute Gasteiger partial charge is 0.270 e. The summed E-state index contributed by atoms with van der Waals surface area (Å²) in [6.45, 7) is 2.60. The molecule has 1 saturated heterocycles. The zero-order valence-corrected chi connectivity index (χ0v) is 12.4. The highest BCUT2D eigenvalue weighted by Gasteiger charge is 2.19. The quantitative estimate of drug-likeness (QED) is 0.847. The highest BCUT2D eigenvalue weighted by Crippen LogP contribution is 2.16. The Morgan fingerprint density at radius 1 is 1.10 bits per heavy atom. The van der Waals surface area contributed by atoms with E-state index in [1.54, 1.807) is 11.3 Å². The summed E-state index contributed by atoms with van der Waals surface area (Å²) in [5.74, 6) is 0.188. The molecule has 20 heavy (non-hydrogen) atoms. The maximum absolute atomic E-state index is 12.7. The summed E-state index contributed by atoms with van der Waals surface area (Å²) < 4.78 is 2.07. The Morgan fingerprint density at radius 2 is 1.90 bits per heavy atom. The summed E-state index contributed by atoms with van der Waals surface area (Å²) in [4.78, 5) is 16.0. The van der Waals surface area contributed by atoms with Gasteiger partial charge in [0.15, 0.2) is 0 Å². The van der Waals surface area contributed by atoms with E-state index in [1.807, 2.05) is 23.2 Å². The van der Waals surface area contributed by atoms with Gasteiger partial charge in [-0.15, -0.1) is 11.3 Å². The van der Waals surface area contributed by atoms with Crippen LogP contribution in [0.5, 0.6) is 0 Å². The van der Waals surface area contributed by atoms with Crippen molar-refractivity contribution in [3.63, 3.8) is 0 Å². The van der Waals surface area contributed by atoms with E-state index in [0.29, 0.717) is 0 Å². The zero-order chi connectivity index (χ0) is 13.8. The van der Waals surface area contributed by atoms with Gasteiger partial charge in [0.25, 0.3) is 5.91 Å². The maximum Gasteiger partial charge on any atom is 0.270 e. The molecule has 3 heterocycles. The zero-order valence-electron chi connectivity index (χ0n) is 11.6. The molecule has 1 fully saturated rings. The molecule has 0 spiro atoms. The molecule has 0 unspecified atom stereocenters. The van der Waals surface area contributed by atoms with E-state index in [1.165, 1.54) is 17.7 Å². The first-order chi connectivity index (χ1) is 9.84. The Morgan fingerprint density at radius 3 is 2.60 bits per heavy atom. The summed E-state index contributed by atoms with van der Waals surface area (Å²) in [6.07, 6.45) is 6.78. The molecular weight excluding hydrogens is 268 g/mol. The lowest BCUT2D eigenvalue weighted by Crippen LogP contribution is -2.33. The van der Waals surface area contributed by atoms with Crippen LogP contribution in [-0.2, 0) is 6.54 Å². The van der Waals surface area contributed by atoms with E-state index in [2.05, 4.69) is 22.1 Å². The number of nitrogens with zero attached hydrogens (tertiary/aromatic N) is 2. The van der Waals surface area contributed by atoms with Gasteiger partial charge in [0, 0.05) is 24.2 Å². The van der Waals surface area contributed by atoms with E-state index in [9.17, 15) is 4.79 Å². The third kappa shape index (κ3) is 2.96. The Kier molecular flexibility index (Phi) is 4.21. The average molecular weight is 288 g/mol. The minimum atomic E-state index is 0.188. The molecule has 0 saturated carbocycles. The Labute approximate surface area is 123 Å². The van der Waals surface area contributed by atoms with Crippen LogP contribution in [0.2, 0.25) is 0 Å². The van der Waals surface area contributed by atoms with Crippen molar-refractivity contribution in [1.29, 1.82) is 0 Å². The van der Waals surface area contributed by atoms with E-state index in [4.69, 9.17) is 0 Å². The number of likely N-dealkylation sites (tertiary alicyclic amines) is 1. The van der Waals surface area contributed by atoms with Crippen LogP contribution in [0.1, 0.15) is 41.0 Å². The summed E-state index contributed by atoms with van der Waals surface area (Å²) in [5, 5.41) is 2.08. The van der Waals surface area contributed by atoms with E-state index < -0.39 is 0 Å². The van der Waals surface area contributed by atoms with Gasteiger partial charge in [0.1, 0.15) is 5.69 Å². The SMILES string of the molecule is O=C(c1cccn1Cc1cccs1)N1CCCCCC1. The maximum atomic E-state index is 12.7. The predicted octanol–water partition coefficient (Wildman–Crippen LogP) is 3.61. The van der Waals surface area contributed by atoms with Gasteiger partial charge >= 0.3 is 0 Å². The van der Waals surface area contributed by atoms with Gasteiger partial charge in [-0.3, -0.25) is 4.79 Å². The number of hydrogen-bond donors (Lipinski definition) is 0. The number of aromatic nitrogens is 1. The van der Waals surface area contributed by atoms with Crippen molar-refractivity contribution in [2.24, 2.45) is 0 Å². The molecular formula is C16H20N2OS. The fourth-order valence-electron chi connectivity index (χ4n) is 2.75. The third-order valence-electron chi connectivity index (χ3n) is 3.85. The summed E-state index contributed by atoms with van der Waals surface area (Å²) in [5.41, 5.74) is 0.820. The van der Waals surface area contributed by atoms with Gasteiger partial charge in [-0.1, -0.05) is 18.9 Å². The minimum absolute atomic E-state index is 0.188. The molecule has 106 valence electrons. The summed E-state index contributed by atoms with van der Waals surface area (Å²) >= 11 is 1.73. The molecule has 0 bridgehead atoms. The van der Waals surface area contributed by atoms with Crippen LogP contribution in [0.15, 0.2) is 35.8 Å². The van der Waals surface area contributed by atoms with Gasteiger partial charge in [0.05, 0.1) is 6.54 Å². The van der Waals surface area contributed by atoms with Gasteiger partial charge < -0.3 is 9.47 Å². The molecule has 2 aromatic rings. The molecule has 1 amide bonds. The first-order valence-corrected chi connectivity index (χ1v) is 8.19. The normalized spacial score (nSPS) is 16.1. The number of carbonyl (C=O) groups excluding carboxylic acids is 1. The molecule has 3 nitrogen and oxygen atoms in total. The second kappa shape index (κ2) is 6.27. The van der Waals surface area contributed by atoms with Crippen LogP contribution in [0.25, 0.3) is 0 Å². The van der Waals surface area contributed by atoms with Gasteiger partial charge in [0.2, 0.25) is 0 Å². The molecule has 0 radical (unpaired) electrons. The molecule has 0 N–H and O–H groups in total. The monoisotopic (exact) mass is 288 g/mol. The molecule has 2 aromatic heterocycles. The van der Waals surface area contributed by atoms with E-state index >= 15 is 0 Å². The lowest BCUT2D eigenvalue weighted by molar-refractivity contribution is 0.0751. The van der Waals surface area contributed by atoms with Crippen molar-refractivity contribution < 1.29 is 4.79 Å². The van der Waals surface area contributed by atoms with Gasteiger partial charge in [-0.25, -0.2) is 0 Å². The first-order valence-electron chi connectivity index (χ1n) is 7.31. The second-order valence-corrected chi connectivity index (χ2v) is 6.34. The van der Waals surface area contributed by atoms with Crippen molar-refractivity contribution in [1.82, 2.24) is 9.47 Å². The number of hydrogen-bond acceptors (Lipinski definition) is 2. The highest BCUT2D eigenvalue weighted by molar-refractivity contribution is 7.09. The van der Waals surface area contributed by atoms with Crippen molar-refractivity contribution in [2.75, 3.05) is 13.1 Å². The van der Waals surface area contributed by atoms with Crippen LogP contribution >= 0.6 is 11.3 Å². The second-order valence-electron chi connectivity index (χ2n) is 5.31. The van der Waals surface area contributed by atoms with Crippen LogP contribution < -0.4 is 0 Å². The molecule has 0 atom stereocenters. The molecule has 1 aliphatic heterocycles. The van der Waals surface area contributed by atoms with Crippen LogP contribution in [-0.4, -0.2) is 28.5 Å². The first kappa shape index (κ1) is 13.4. The van der Waals surface area contributed by atoms with Crippen molar-refractivity contribution in [3.8, 4) is 0 Å². The fourth-order valence-corrected chi connectivity index (χ4v) is 3.46. The molecule has 1 aliphatic rings. The Hall–Kier alpha value is -1.55. The number of thiophene rings is 1. The van der Waals surface area contributed by atoms with Crippen molar-refractivity contribution >= 4 is 17.2 Å². The topological polar surface area (TPSA) is 25.2 Å². The fraction of sp³-hybridized carbons (Fsp3) is 0.438. The van der Waals surface area contributed by atoms with Crippen LogP contribution in [0.4, 0.5) is 0 Å². The largest absolute Gasteiger partial charge is 0.338 e. The van der Waals surface area contributed by atoms with Crippen LogP contribution in [0, 0.1) is 0 Å². The van der Waals surface area contributed by atoms with Crippen molar-refractivity contribution in [3.05, 3.63) is 46.4 Å². The lowest BCUT2D eigenvalue weighted by Gasteiger charge is -2.21. The average Bonchev–Trinajstić information content (AvgIpc) is 3.05. The van der Waals surface area contributed by atoms with Crippen molar-refractivity contribution in [2.45, 2.75) is 32.2 Å². The number of carbonyl (C=O) groups is 1.